The van der Waals surface area contributed by atoms with Gasteiger partial charge in [-0.1, -0.05) is 17.7 Å². The molecule has 1 aromatic carbocycles. The van der Waals surface area contributed by atoms with E-state index in [1.165, 1.54) is 0 Å². The van der Waals surface area contributed by atoms with Gasteiger partial charge in [0.05, 0.1) is 51.8 Å². The van der Waals surface area contributed by atoms with Crippen LogP contribution in [0.1, 0.15) is 15.9 Å². The highest BCUT2D eigenvalue weighted by molar-refractivity contribution is 5.89. The van der Waals surface area contributed by atoms with Crippen LogP contribution in [0.2, 0.25) is 0 Å². The molecule has 0 amide bonds. The number of ether oxygens (including phenoxy) is 5. The first-order chi connectivity index (χ1) is 12.3. The molecule has 138 valence electrons. The normalized spacial score (nSPS) is 19.4. The SMILES string of the molecule is C#N.Cc1ccc(C(=O)OCC2COCCOCCOCCO2)cc1. The molecule has 7 nitrogen and oxygen atoms in total. The first-order valence-corrected chi connectivity index (χ1v) is 8.10. The number of aryl methyl sites for hydroxylation is 1. The molecule has 2 rings (SSSR count). The van der Waals surface area contributed by atoms with Crippen molar-refractivity contribution in [1.82, 2.24) is 0 Å². The number of benzene rings is 1. The summed E-state index contributed by atoms with van der Waals surface area (Å²) in [6.45, 7) is 8.96. The van der Waals surface area contributed by atoms with Crippen LogP contribution in [-0.4, -0.2) is 64.9 Å². The van der Waals surface area contributed by atoms with E-state index < -0.39 is 0 Å². The van der Waals surface area contributed by atoms with Crippen molar-refractivity contribution in [3.8, 4) is 6.57 Å². The highest BCUT2D eigenvalue weighted by Gasteiger charge is 2.15. The Kier molecular flexibility index (Phi) is 11.2. The summed E-state index contributed by atoms with van der Waals surface area (Å²) in [7, 11) is 0. The summed E-state index contributed by atoms with van der Waals surface area (Å²) in [6, 6.07) is 7.26. The quantitative estimate of drug-likeness (QED) is 0.767. The zero-order valence-corrected chi connectivity index (χ0v) is 14.5. The van der Waals surface area contributed by atoms with Crippen molar-refractivity contribution in [1.29, 1.82) is 5.26 Å². The highest BCUT2D eigenvalue weighted by Crippen LogP contribution is 2.06. The summed E-state index contributed by atoms with van der Waals surface area (Å²) in [5.41, 5.74) is 1.63. The summed E-state index contributed by atoms with van der Waals surface area (Å²) in [5.74, 6) is -0.362. The Hall–Kier alpha value is -1.98. The summed E-state index contributed by atoms with van der Waals surface area (Å²) >= 11 is 0. The smallest absolute Gasteiger partial charge is 0.338 e. The highest BCUT2D eigenvalue weighted by atomic mass is 16.6. The Morgan fingerprint density at radius 3 is 2.24 bits per heavy atom. The van der Waals surface area contributed by atoms with E-state index in [0.717, 1.165) is 5.56 Å². The molecule has 1 aliphatic rings. The van der Waals surface area contributed by atoms with E-state index in [-0.39, 0.29) is 18.7 Å². The molecule has 0 aliphatic carbocycles. The topological polar surface area (TPSA) is 87.0 Å². The molecule has 0 aromatic heterocycles. The van der Waals surface area contributed by atoms with Gasteiger partial charge in [-0.3, -0.25) is 0 Å². The van der Waals surface area contributed by atoms with Gasteiger partial charge in [0.25, 0.3) is 0 Å². The van der Waals surface area contributed by atoms with Gasteiger partial charge >= 0.3 is 5.97 Å². The molecule has 1 fully saturated rings. The molecular weight excluding hydrogens is 326 g/mol. The number of nitrogens with zero attached hydrogens (tertiary/aromatic N) is 1. The molecule has 0 saturated carbocycles. The number of hydrogen-bond donors (Lipinski definition) is 0. The van der Waals surface area contributed by atoms with E-state index in [9.17, 15) is 4.79 Å². The minimum absolute atomic E-state index is 0.146. The molecule has 1 aromatic rings. The zero-order valence-electron chi connectivity index (χ0n) is 14.5. The van der Waals surface area contributed by atoms with E-state index in [2.05, 4.69) is 6.57 Å². The molecule has 25 heavy (non-hydrogen) atoms. The Labute approximate surface area is 148 Å². The van der Waals surface area contributed by atoms with Crippen LogP contribution in [0.25, 0.3) is 0 Å². The third-order valence-electron chi connectivity index (χ3n) is 3.32. The lowest BCUT2D eigenvalue weighted by Crippen LogP contribution is -2.30. The molecule has 1 atom stereocenters. The average molecular weight is 351 g/mol. The Balaban J connectivity index is 0.00000151. The van der Waals surface area contributed by atoms with Crippen LogP contribution < -0.4 is 0 Å². The molecule has 0 spiro atoms. The van der Waals surface area contributed by atoms with Gasteiger partial charge < -0.3 is 23.7 Å². The molecule has 1 heterocycles. The second kappa shape index (κ2) is 13.3. The first-order valence-electron chi connectivity index (χ1n) is 8.10. The zero-order chi connectivity index (χ0) is 18.3. The van der Waals surface area contributed by atoms with E-state index >= 15 is 0 Å². The van der Waals surface area contributed by atoms with Crippen LogP contribution in [-0.2, 0) is 23.7 Å². The van der Waals surface area contributed by atoms with Crippen molar-refractivity contribution in [3.05, 3.63) is 35.4 Å². The maximum absolute atomic E-state index is 12.0. The molecule has 1 unspecified atom stereocenters. The van der Waals surface area contributed by atoms with Crippen molar-refractivity contribution in [2.45, 2.75) is 13.0 Å². The van der Waals surface area contributed by atoms with Gasteiger partial charge in [0.2, 0.25) is 0 Å². The van der Waals surface area contributed by atoms with Gasteiger partial charge in [-0.25, -0.2) is 10.1 Å². The minimum atomic E-state index is -0.362. The summed E-state index contributed by atoms with van der Waals surface area (Å²) < 4.78 is 27.2. The number of nitriles is 1. The fourth-order valence-corrected chi connectivity index (χ4v) is 2.01. The standard InChI is InChI=1S/C17H24O6.CHN/c1-14-2-4-15(5-3-14)17(18)23-13-16-12-21-9-8-19-6-7-20-10-11-22-16;1-2/h2-5,16H,6-13H2,1H3;1H. The second-order valence-electron chi connectivity index (χ2n) is 5.26. The van der Waals surface area contributed by atoms with Crippen LogP contribution in [0.5, 0.6) is 0 Å². The number of esters is 1. The van der Waals surface area contributed by atoms with Gasteiger partial charge in [-0.15, -0.1) is 0 Å². The lowest BCUT2D eigenvalue weighted by Gasteiger charge is -2.19. The van der Waals surface area contributed by atoms with Crippen LogP contribution in [0.4, 0.5) is 0 Å². The van der Waals surface area contributed by atoms with E-state index in [1.807, 2.05) is 19.1 Å². The molecule has 1 aliphatic heterocycles. The summed E-state index contributed by atoms with van der Waals surface area (Å²) in [6.07, 6.45) is -0.313. The van der Waals surface area contributed by atoms with Crippen LogP contribution in [0, 0.1) is 18.8 Å². The predicted molar refractivity (Wildman–Crippen MR) is 90.3 cm³/mol. The molecule has 0 radical (unpaired) electrons. The number of hydrogen-bond acceptors (Lipinski definition) is 7. The Morgan fingerprint density at radius 1 is 1.04 bits per heavy atom. The van der Waals surface area contributed by atoms with Crippen molar-refractivity contribution >= 4 is 5.97 Å². The number of carbonyl (C=O) groups is 1. The lowest BCUT2D eigenvalue weighted by atomic mass is 10.1. The maximum atomic E-state index is 12.0. The van der Waals surface area contributed by atoms with Gasteiger partial charge in [0, 0.05) is 6.57 Å². The van der Waals surface area contributed by atoms with Crippen molar-refractivity contribution in [2.75, 3.05) is 52.9 Å². The van der Waals surface area contributed by atoms with Gasteiger partial charge in [0.15, 0.2) is 0 Å². The third kappa shape index (κ3) is 9.17. The van der Waals surface area contributed by atoms with E-state index in [4.69, 9.17) is 28.9 Å². The number of rotatable bonds is 3. The fourth-order valence-electron chi connectivity index (χ4n) is 2.01. The predicted octanol–water partition coefficient (Wildman–Crippen LogP) is 1.74. The third-order valence-corrected chi connectivity index (χ3v) is 3.32. The largest absolute Gasteiger partial charge is 0.459 e. The second-order valence-corrected chi connectivity index (χ2v) is 5.26. The van der Waals surface area contributed by atoms with Gasteiger partial charge in [0.1, 0.15) is 12.7 Å². The Morgan fingerprint density at radius 2 is 1.60 bits per heavy atom. The first kappa shape index (κ1) is 21.1. The van der Waals surface area contributed by atoms with Crippen molar-refractivity contribution in [3.63, 3.8) is 0 Å². The fraction of sp³-hybridized carbons (Fsp3) is 0.556. The van der Waals surface area contributed by atoms with Gasteiger partial charge in [-0.2, -0.15) is 0 Å². The van der Waals surface area contributed by atoms with Crippen LogP contribution >= 0.6 is 0 Å². The monoisotopic (exact) mass is 351 g/mol. The average Bonchev–Trinajstić information content (AvgIpc) is 2.63. The molecule has 1 saturated heterocycles. The van der Waals surface area contributed by atoms with Crippen LogP contribution in [0.15, 0.2) is 24.3 Å². The summed E-state index contributed by atoms with van der Waals surface area (Å²) in [4.78, 5) is 12.0. The molecule has 7 heteroatoms. The minimum Gasteiger partial charge on any atom is -0.459 e. The van der Waals surface area contributed by atoms with E-state index in [1.54, 1.807) is 12.1 Å². The van der Waals surface area contributed by atoms with Crippen molar-refractivity contribution < 1.29 is 28.5 Å². The Bertz CT molecular complexity index is 490. The molecule has 0 bridgehead atoms. The van der Waals surface area contributed by atoms with E-state index in [0.29, 0.717) is 51.8 Å². The lowest BCUT2D eigenvalue weighted by molar-refractivity contribution is -0.0831. The number of carbonyl (C=O) groups excluding carboxylic acids is 1. The molecular formula is C18H25NO6. The van der Waals surface area contributed by atoms with Crippen LogP contribution in [0.3, 0.4) is 0 Å². The van der Waals surface area contributed by atoms with Gasteiger partial charge in [-0.05, 0) is 19.1 Å². The maximum Gasteiger partial charge on any atom is 0.338 e. The molecule has 0 N–H and O–H groups in total. The summed E-state index contributed by atoms with van der Waals surface area (Å²) in [5, 5.41) is 6.50. The van der Waals surface area contributed by atoms with Crippen molar-refractivity contribution in [2.24, 2.45) is 0 Å².